The Bertz CT molecular complexity index is 453. The van der Waals surface area contributed by atoms with Crippen molar-refractivity contribution in [2.75, 3.05) is 26.2 Å². The topological polar surface area (TPSA) is 70.8 Å². The summed E-state index contributed by atoms with van der Waals surface area (Å²) in [5.41, 5.74) is -1.59. The van der Waals surface area contributed by atoms with Crippen LogP contribution in [0.15, 0.2) is 18.7 Å². The molecule has 118 valence electrons. The van der Waals surface area contributed by atoms with Gasteiger partial charge < -0.3 is 24.4 Å². The maximum Gasteiger partial charge on any atom is 0.111 e. The lowest BCUT2D eigenvalue weighted by molar-refractivity contribution is -0.246. The summed E-state index contributed by atoms with van der Waals surface area (Å²) in [6.07, 6.45) is 6.84. The monoisotopic (exact) mass is 295 g/mol. The zero-order valence-corrected chi connectivity index (χ0v) is 12.6. The van der Waals surface area contributed by atoms with Crippen LogP contribution >= 0.6 is 0 Å². The first kappa shape index (κ1) is 15.0. The van der Waals surface area contributed by atoms with Crippen LogP contribution < -0.4 is 0 Å². The molecule has 2 N–H and O–H groups in total. The molecule has 0 aliphatic carbocycles. The Balaban J connectivity index is 1.54. The molecule has 3 heterocycles. The third kappa shape index (κ3) is 2.99. The van der Waals surface area contributed by atoms with Gasteiger partial charge in [0.2, 0.25) is 0 Å². The number of rotatable bonds is 3. The summed E-state index contributed by atoms with van der Waals surface area (Å²) in [7, 11) is 0. The molecule has 2 fully saturated rings. The number of nitrogens with zero attached hydrogens (tertiary/aromatic N) is 3. The van der Waals surface area contributed by atoms with Gasteiger partial charge in [0, 0.05) is 45.0 Å². The number of aliphatic hydroxyl groups excluding tert-OH is 1. The lowest BCUT2D eigenvalue weighted by atomic mass is 9.75. The summed E-state index contributed by atoms with van der Waals surface area (Å²) in [5.74, 6) is 0. The average Bonchev–Trinajstić information content (AvgIpc) is 2.97. The van der Waals surface area contributed by atoms with Crippen molar-refractivity contribution in [1.82, 2.24) is 14.5 Å². The molecule has 0 bridgehead atoms. The van der Waals surface area contributed by atoms with E-state index in [0.29, 0.717) is 13.0 Å². The van der Waals surface area contributed by atoms with Crippen molar-refractivity contribution in [3.63, 3.8) is 0 Å². The van der Waals surface area contributed by atoms with E-state index in [1.807, 2.05) is 12.5 Å². The number of hydrogen-bond acceptors (Lipinski definition) is 5. The zero-order valence-electron chi connectivity index (χ0n) is 12.6. The fourth-order valence-corrected chi connectivity index (χ4v) is 3.49. The fraction of sp³-hybridized carbons (Fsp3) is 0.800. The van der Waals surface area contributed by atoms with Crippen LogP contribution in [-0.2, 0) is 11.3 Å². The van der Waals surface area contributed by atoms with Gasteiger partial charge in [-0.1, -0.05) is 0 Å². The van der Waals surface area contributed by atoms with Gasteiger partial charge in [-0.2, -0.15) is 0 Å². The predicted molar refractivity (Wildman–Crippen MR) is 77.8 cm³/mol. The molecule has 2 atom stereocenters. The summed E-state index contributed by atoms with van der Waals surface area (Å²) in [6.45, 7) is 5.92. The number of aromatic nitrogens is 2. The minimum Gasteiger partial charge on any atom is -0.387 e. The minimum absolute atomic E-state index is 0.500. The minimum atomic E-state index is -1.03. The van der Waals surface area contributed by atoms with Crippen LogP contribution in [-0.4, -0.2) is 68.2 Å². The summed E-state index contributed by atoms with van der Waals surface area (Å²) in [5, 5.41) is 20.8. The van der Waals surface area contributed by atoms with Crippen LogP contribution in [0.25, 0.3) is 0 Å². The highest BCUT2D eigenvalue weighted by atomic mass is 16.5. The van der Waals surface area contributed by atoms with Gasteiger partial charge in [0.1, 0.15) is 6.10 Å². The highest BCUT2D eigenvalue weighted by Gasteiger charge is 2.52. The maximum absolute atomic E-state index is 10.5. The molecule has 1 aromatic rings. The van der Waals surface area contributed by atoms with Gasteiger partial charge in [-0.25, -0.2) is 4.98 Å². The molecular weight excluding hydrogens is 270 g/mol. The van der Waals surface area contributed by atoms with Crippen LogP contribution in [0.1, 0.15) is 26.2 Å². The molecule has 0 unspecified atom stereocenters. The smallest absolute Gasteiger partial charge is 0.111 e. The molecule has 0 aromatic carbocycles. The van der Waals surface area contributed by atoms with E-state index in [1.165, 1.54) is 0 Å². The Morgan fingerprint density at radius 2 is 2.05 bits per heavy atom. The Morgan fingerprint density at radius 1 is 1.29 bits per heavy atom. The van der Waals surface area contributed by atoms with E-state index in [9.17, 15) is 10.2 Å². The molecule has 0 radical (unpaired) electrons. The molecule has 0 saturated carbocycles. The van der Waals surface area contributed by atoms with E-state index in [-0.39, 0.29) is 0 Å². The summed E-state index contributed by atoms with van der Waals surface area (Å²) < 4.78 is 7.97. The summed E-state index contributed by atoms with van der Waals surface area (Å²) in [6, 6.07) is 0. The van der Waals surface area contributed by atoms with E-state index < -0.39 is 17.3 Å². The first-order chi connectivity index (χ1) is 10.0. The molecule has 2 aliphatic rings. The van der Waals surface area contributed by atoms with E-state index in [4.69, 9.17) is 4.74 Å². The van der Waals surface area contributed by atoms with E-state index >= 15 is 0 Å². The number of piperidine rings is 1. The van der Waals surface area contributed by atoms with Gasteiger partial charge in [-0.15, -0.1) is 0 Å². The Morgan fingerprint density at radius 3 is 2.71 bits per heavy atom. The quantitative estimate of drug-likeness (QED) is 0.836. The second kappa shape index (κ2) is 5.68. The van der Waals surface area contributed by atoms with Gasteiger partial charge in [0.05, 0.1) is 24.1 Å². The first-order valence-corrected chi connectivity index (χ1v) is 7.74. The van der Waals surface area contributed by atoms with Crippen LogP contribution in [0, 0.1) is 0 Å². The average molecular weight is 295 g/mol. The molecule has 6 heteroatoms. The molecule has 0 amide bonds. The van der Waals surface area contributed by atoms with Crippen molar-refractivity contribution in [3.8, 4) is 0 Å². The summed E-state index contributed by atoms with van der Waals surface area (Å²) in [4.78, 5) is 6.42. The lowest BCUT2D eigenvalue weighted by Gasteiger charge is -2.51. The number of imidazole rings is 1. The first-order valence-electron chi connectivity index (χ1n) is 7.74. The Kier molecular flexibility index (Phi) is 4.05. The fourth-order valence-electron chi connectivity index (χ4n) is 3.49. The standard InChI is InChI=1S/C15H25N3O3/c1-14(20)4-11-21-15(13(14)19)2-6-17(7-3-15)9-10-18-8-5-16-12-18/h5,8,12-13,19-20H,2-4,6-7,9-11H2,1H3/t13-,14+/m0/s1. The van der Waals surface area contributed by atoms with Crippen molar-refractivity contribution in [2.24, 2.45) is 0 Å². The predicted octanol–water partition coefficient (Wildman–Crippen LogP) is 0.250. The third-order valence-corrected chi connectivity index (χ3v) is 5.02. The summed E-state index contributed by atoms with van der Waals surface area (Å²) >= 11 is 0. The number of hydrogen-bond donors (Lipinski definition) is 2. The van der Waals surface area contributed by atoms with Crippen molar-refractivity contribution >= 4 is 0 Å². The highest BCUT2D eigenvalue weighted by molar-refractivity contribution is 5.04. The van der Waals surface area contributed by atoms with Crippen molar-refractivity contribution < 1.29 is 14.9 Å². The lowest BCUT2D eigenvalue weighted by Crippen LogP contribution is -2.64. The maximum atomic E-state index is 10.5. The van der Waals surface area contributed by atoms with Gasteiger partial charge in [0.25, 0.3) is 0 Å². The molecule has 2 saturated heterocycles. The number of ether oxygens (including phenoxy) is 1. The van der Waals surface area contributed by atoms with Crippen molar-refractivity contribution in [1.29, 1.82) is 0 Å². The molecule has 2 aliphatic heterocycles. The largest absolute Gasteiger partial charge is 0.387 e. The van der Waals surface area contributed by atoms with Crippen LogP contribution in [0.3, 0.4) is 0 Å². The molecular formula is C15H25N3O3. The van der Waals surface area contributed by atoms with Crippen molar-refractivity contribution in [2.45, 2.75) is 50.0 Å². The molecule has 1 spiro atoms. The van der Waals surface area contributed by atoms with E-state index in [1.54, 1.807) is 13.1 Å². The van der Waals surface area contributed by atoms with Gasteiger partial charge >= 0.3 is 0 Å². The van der Waals surface area contributed by atoms with Gasteiger partial charge in [-0.3, -0.25) is 0 Å². The molecule has 6 nitrogen and oxygen atoms in total. The number of aliphatic hydroxyl groups is 2. The second-order valence-corrected chi connectivity index (χ2v) is 6.57. The number of likely N-dealkylation sites (tertiary alicyclic amines) is 1. The van der Waals surface area contributed by atoms with Gasteiger partial charge in [-0.05, 0) is 19.8 Å². The zero-order chi connectivity index (χ0) is 14.9. The SMILES string of the molecule is C[C@@]1(O)CCOC2(CCN(CCn3ccnc3)CC2)[C@H]1O. The van der Waals surface area contributed by atoms with Crippen LogP contribution in [0.2, 0.25) is 0 Å². The third-order valence-electron chi connectivity index (χ3n) is 5.02. The molecule has 21 heavy (non-hydrogen) atoms. The normalized spacial score (nSPS) is 33.4. The molecule has 3 rings (SSSR count). The Hall–Kier alpha value is -0.950. The van der Waals surface area contributed by atoms with Crippen LogP contribution in [0.4, 0.5) is 0 Å². The highest BCUT2D eigenvalue weighted by Crippen LogP contribution is 2.39. The van der Waals surface area contributed by atoms with Gasteiger partial charge in [0.15, 0.2) is 0 Å². The molecule has 1 aromatic heterocycles. The Labute approximate surface area is 125 Å². The van der Waals surface area contributed by atoms with Crippen molar-refractivity contribution in [3.05, 3.63) is 18.7 Å². The van der Waals surface area contributed by atoms with E-state index in [0.717, 1.165) is 39.0 Å². The van der Waals surface area contributed by atoms with E-state index in [2.05, 4.69) is 14.5 Å². The van der Waals surface area contributed by atoms with Crippen LogP contribution in [0.5, 0.6) is 0 Å². The second-order valence-electron chi connectivity index (χ2n) is 6.57.